The lowest BCUT2D eigenvalue weighted by atomic mass is 9.89. The third-order valence-electron chi connectivity index (χ3n) is 2.48. The molecule has 0 bridgehead atoms. The summed E-state index contributed by atoms with van der Waals surface area (Å²) in [5.41, 5.74) is 0. The first-order valence-corrected chi connectivity index (χ1v) is 5.32. The highest BCUT2D eigenvalue weighted by Gasteiger charge is 2.27. The minimum absolute atomic E-state index is 0.154. The van der Waals surface area contributed by atoms with Crippen molar-refractivity contribution in [1.29, 1.82) is 0 Å². The average molecular weight is 230 g/mol. The summed E-state index contributed by atoms with van der Waals surface area (Å²) in [6, 6.07) is 0. The Morgan fingerprint density at radius 2 is 2.00 bits per heavy atom. The molecule has 1 fully saturated rings. The Morgan fingerprint density at radius 3 is 2.57 bits per heavy atom. The van der Waals surface area contributed by atoms with Gasteiger partial charge in [-0.2, -0.15) is 13.2 Å². The van der Waals surface area contributed by atoms with Gasteiger partial charge in [-0.25, -0.2) is 0 Å². The first-order chi connectivity index (χ1) is 6.47. The van der Waals surface area contributed by atoms with Gasteiger partial charge in [0.05, 0.1) is 6.54 Å². The van der Waals surface area contributed by atoms with Crippen molar-refractivity contribution in [3.05, 3.63) is 0 Å². The highest BCUT2D eigenvalue weighted by Crippen LogP contribution is 2.27. The van der Waals surface area contributed by atoms with E-state index >= 15 is 0 Å². The fourth-order valence-corrected chi connectivity index (χ4v) is 2.24. The maximum atomic E-state index is 11.8. The largest absolute Gasteiger partial charge is 0.401 e. The van der Waals surface area contributed by atoms with E-state index in [9.17, 15) is 13.2 Å². The van der Waals surface area contributed by atoms with Crippen molar-refractivity contribution in [3.8, 4) is 0 Å². The molecule has 0 aromatic rings. The SMILES string of the molecule is FC(F)(F)CNCC1CCCC(Cl)C1. The second-order valence-corrected chi connectivity index (χ2v) is 4.49. The lowest BCUT2D eigenvalue weighted by Crippen LogP contribution is -2.34. The monoisotopic (exact) mass is 229 g/mol. The third-order valence-corrected chi connectivity index (χ3v) is 2.87. The molecule has 1 aliphatic rings. The molecule has 0 amide bonds. The van der Waals surface area contributed by atoms with Crippen LogP contribution in [0.4, 0.5) is 13.2 Å². The van der Waals surface area contributed by atoms with E-state index in [0.29, 0.717) is 12.5 Å². The van der Waals surface area contributed by atoms with E-state index in [1.807, 2.05) is 0 Å². The van der Waals surface area contributed by atoms with Crippen molar-refractivity contribution in [2.24, 2.45) is 5.92 Å². The van der Waals surface area contributed by atoms with Crippen molar-refractivity contribution in [1.82, 2.24) is 5.32 Å². The van der Waals surface area contributed by atoms with Gasteiger partial charge in [-0.05, 0) is 31.7 Å². The number of alkyl halides is 4. The summed E-state index contributed by atoms with van der Waals surface area (Å²) in [4.78, 5) is 0. The van der Waals surface area contributed by atoms with E-state index in [1.54, 1.807) is 0 Å². The molecule has 0 heterocycles. The van der Waals surface area contributed by atoms with Crippen LogP contribution < -0.4 is 5.32 Å². The van der Waals surface area contributed by atoms with E-state index in [0.717, 1.165) is 25.7 Å². The summed E-state index contributed by atoms with van der Waals surface area (Å²) in [7, 11) is 0. The molecule has 14 heavy (non-hydrogen) atoms. The van der Waals surface area contributed by atoms with Crippen molar-refractivity contribution < 1.29 is 13.2 Å². The van der Waals surface area contributed by atoms with Crippen LogP contribution in [0.15, 0.2) is 0 Å². The van der Waals surface area contributed by atoms with Crippen LogP contribution in [0.1, 0.15) is 25.7 Å². The maximum absolute atomic E-state index is 11.8. The average Bonchev–Trinajstić information content (AvgIpc) is 2.01. The number of rotatable bonds is 3. The van der Waals surface area contributed by atoms with Crippen molar-refractivity contribution in [2.45, 2.75) is 37.2 Å². The van der Waals surface area contributed by atoms with E-state index in [2.05, 4.69) is 5.32 Å². The van der Waals surface area contributed by atoms with Gasteiger partial charge in [0.15, 0.2) is 0 Å². The predicted octanol–water partition coefficient (Wildman–Crippen LogP) is 2.94. The molecule has 5 heteroatoms. The van der Waals surface area contributed by atoms with Crippen molar-refractivity contribution >= 4 is 11.6 Å². The molecule has 1 rings (SSSR count). The van der Waals surface area contributed by atoms with Gasteiger partial charge < -0.3 is 5.32 Å². The molecular weight excluding hydrogens is 215 g/mol. The lowest BCUT2D eigenvalue weighted by Gasteiger charge is -2.25. The van der Waals surface area contributed by atoms with Gasteiger partial charge >= 0.3 is 6.18 Å². The van der Waals surface area contributed by atoms with Gasteiger partial charge in [0.2, 0.25) is 0 Å². The van der Waals surface area contributed by atoms with Gasteiger partial charge in [-0.15, -0.1) is 11.6 Å². The Morgan fingerprint density at radius 1 is 1.29 bits per heavy atom. The molecular formula is C9H15ClF3N. The molecule has 0 aliphatic heterocycles. The van der Waals surface area contributed by atoms with E-state index < -0.39 is 12.7 Å². The Hall–Kier alpha value is 0.0400. The zero-order valence-electron chi connectivity index (χ0n) is 7.91. The molecule has 1 nitrogen and oxygen atoms in total. The summed E-state index contributed by atoms with van der Waals surface area (Å²) < 4.78 is 35.4. The standard InChI is InChI=1S/C9H15ClF3N/c10-8-3-1-2-7(4-8)5-14-6-9(11,12)13/h7-8,14H,1-6H2. The number of nitrogens with one attached hydrogen (secondary N) is 1. The fraction of sp³-hybridized carbons (Fsp3) is 1.00. The maximum Gasteiger partial charge on any atom is 0.401 e. The van der Waals surface area contributed by atoms with Crippen LogP contribution in [0.5, 0.6) is 0 Å². The number of hydrogen-bond donors (Lipinski definition) is 1. The summed E-state index contributed by atoms with van der Waals surface area (Å²) >= 11 is 5.93. The van der Waals surface area contributed by atoms with Crippen LogP contribution in [-0.4, -0.2) is 24.6 Å². The van der Waals surface area contributed by atoms with E-state index in [-0.39, 0.29) is 5.38 Å². The summed E-state index contributed by atoms with van der Waals surface area (Å²) in [5.74, 6) is 0.314. The Balaban J connectivity index is 2.12. The minimum atomic E-state index is -4.10. The first kappa shape index (κ1) is 12.1. The summed E-state index contributed by atoms with van der Waals surface area (Å²) in [6.45, 7) is -0.459. The van der Waals surface area contributed by atoms with E-state index in [4.69, 9.17) is 11.6 Å². The van der Waals surface area contributed by atoms with Gasteiger partial charge in [0.1, 0.15) is 0 Å². The molecule has 0 aromatic carbocycles. The van der Waals surface area contributed by atoms with Crippen LogP contribution in [0.3, 0.4) is 0 Å². The normalized spacial score (nSPS) is 29.1. The first-order valence-electron chi connectivity index (χ1n) is 4.89. The Labute approximate surface area is 87.0 Å². The smallest absolute Gasteiger partial charge is 0.308 e. The van der Waals surface area contributed by atoms with Crippen molar-refractivity contribution in [2.75, 3.05) is 13.1 Å². The minimum Gasteiger partial charge on any atom is -0.308 e. The molecule has 2 atom stereocenters. The molecule has 0 aromatic heterocycles. The van der Waals surface area contributed by atoms with Gasteiger partial charge in [0.25, 0.3) is 0 Å². The van der Waals surface area contributed by atoms with Gasteiger partial charge in [-0.1, -0.05) is 6.42 Å². The summed E-state index contributed by atoms with van der Waals surface area (Å²) in [6.07, 6.45) is -0.237. The molecule has 1 aliphatic carbocycles. The number of halogens is 4. The second kappa shape index (κ2) is 5.21. The van der Waals surface area contributed by atoms with Crippen LogP contribution in [-0.2, 0) is 0 Å². The zero-order valence-corrected chi connectivity index (χ0v) is 8.67. The molecule has 0 radical (unpaired) electrons. The zero-order chi connectivity index (χ0) is 10.6. The molecule has 0 spiro atoms. The number of hydrogen-bond acceptors (Lipinski definition) is 1. The quantitative estimate of drug-likeness (QED) is 0.734. The lowest BCUT2D eigenvalue weighted by molar-refractivity contribution is -0.125. The van der Waals surface area contributed by atoms with E-state index in [1.165, 1.54) is 0 Å². The van der Waals surface area contributed by atoms with Crippen LogP contribution >= 0.6 is 11.6 Å². The van der Waals surface area contributed by atoms with Crippen LogP contribution in [0.25, 0.3) is 0 Å². The molecule has 1 saturated carbocycles. The summed E-state index contributed by atoms with van der Waals surface area (Å²) in [5, 5.41) is 2.59. The van der Waals surface area contributed by atoms with Crippen LogP contribution in [0.2, 0.25) is 0 Å². The molecule has 1 N–H and O–H groups in total. The van der Waals surface area contributed by atoms with Crippen molar-refractivity contribution in [3.63, 3.8) is 0 Å². The van der Waals surface area contributed by atoms with Gasteiger partial charge in [-0.3, -0.25) is 0 Å². The fourth-order valence-electron chi connectivity index (χ4n) is 1.83. The molecule has 2 unspecified atom stereocenters. The highest BCUT2D eigenvalue weighted by molar-refractivity contribution is 6.20. The topological polar surface area (TPSA) is 12.0 Å². The van der Waals surface area contributed by atoms with Crippen LogP contribution in [0, 0.1) is 5.92 Å². The Kier molecular flexibility index (Phi) is 4.51. The highest BCUT2D eigenvalue weighted by atomic mass is 35.5. The molecule has 0 saturated heterocycles. The van der Waals surface area contributed by atoms with Gasteiger partial charge in [0, 0.05) is 5.38 Å². The third kappa shape index (κ3) is 5.05. The Bertz CT molecular complexity index is 172. The molecule has 84 valence electrons. The second-order valence-electron chi connectivity index (χ2n) is 3.88. The predicted molar refractivity (Wildman–Crippen MR) is 50.5 cm³/mol.